The SMILES string of the molecule is CCOc1ccc(N2C(=O)[C@@H]3Cc4c([nH]c5ccccc45)[C@@H](c4ccccc4)N3C2=O)cc1. The average Bonchev–Trinajstić information content (AvgIpc) is 3.34. The van der Waals surface area contributed by atoms with Gasteiger partial charge in [-0.1, -0.05) is 48.5 Å². The highest BCUT2D eigenvalue weighted by Gasteiger charge is 2.53. The Labute approximate surface area is 191 Å². The third-order valence-corrected chi connectivity index (χ3v) is 6.57. The third kappa shape index (κ3) is 2.94. The zero-order chi connectivity index (χ0) is 22.5. The van der Waals surface area contributed by atoms with Crippen LogP contribution in [0.1, 0.15) is 29.8 Å². The second-order valence-electron chi connectivity index (χ2n) is 8.39. The van der Waals surface area contributed by atoms with Crippen molar-refractivity contribution in [3.05, 3.63) is 95.7 Å². The number of benzene rings is 3. The standard InChI is InChI=1S/C27H23N3O3/c1-2-33-19-14-12-18(13-15-19)29-26(31)23-16-21-20-10-6-7-11-22(20)28-24(21)25(30(23)27(29)32)17-8-4-3-5-9-17/h3-15,23,25,28H,2,16H2,1H3/t23-,25+/m0/s1. The molecule has 3 aromatic carbocycles. The summed E-state index contributed by atoms with van der Waals surface area (Å²) in [7, 11) is 0. The summed E-state index contributed by atoms with van der Waals surface area (Å²) < 4.78 is 5.52. The number of aromatic amines is 1. The van der Waals surface area contributed by atoms with Crippen molar-refractivity contribution in [2.24, 2.45) is 0 Å². The maximum Gasteiger partial charge on any atom is 0.332 e. The Morgan fingerprint density at radius 2 is 1.67 bits per heavy atom. The number of carbonyl (C=O) groups is 2. The molecule has 4 aromatic rings. The number of nitrogens with zero attached hydrogens (tertiary/aromatic N) is 2. The minimum Gasteiger partial charge on any atom is -0.494 e. The van der Waals surface area contributed by atoms with Crippen LogP contribution in [0.15, 0.2) is 78.9 Å². The Morgan fingerprint density at radius 1 is 0.939 bits per heavy atom. The van der Waals surface area contributed by atoms with Crippen molar-refractivity contribution >= 4 is 28.5 Å². The minimum atomic E-state index is -0.555. The van der Waals surface area contributed by atoms with E-state index >= 15 is 0 Å². The number of urea groups is 1. The Balaban J connectivity index is 1.48. The van der Waals surface area contributed by atoms with Crippen LogP contribution in [0.4, 0.5) is 10.5 Å². The summed E-state index contributed by atoms with van der Waals surface area (Å²) in [6.45, 7) is 2.47. The number of para-hydroxylation sites is 1. The minimum absolute atomic E-state index is 0.193. The van der Waals surface area contributed by atoms with E-state index in [1.165, 1.54) is 4.90 Å². The van der Waals surface area contributed by atoms with Gasteiger partial charge in [0.25, 0.3) is 5.91 Å². The predicted molar refractivity (Wildman–Crippen MR) is 126 cm³/mol. The highest BCUT2D eigenvalue weighted by Crippen LogP contribution is 2.44. The van der Waals surface area contributed by atoms with E-state index in [4.69, 9.17) is 4.74 Å². The van der Waals surface area contributed by atoms with Crippen LogP contribution in [-0.2, 0) is 11.2 Å². The second-order valence-corrected chi connectivity index (χ2v) is 8.39. The number of imide groups is 1. The van der Waals surface area contributed by atoms with Crippen LogP contribution in [0.2, 0.25) is 0 Å². The smallest absolute Gasteiger partial charge is 0.332 e. The van der Waals surface area contributed by atoms with Gasteiger partial charge in [-0.25, -0.2) is 9.69 Å². The number of hydrogen-bond donors (Lipinski definition) is 1. The van der Waals surface area contributed by atoms with Crippen LogP contribution in [-0.4, -0.2) is 34.5 Å². The van der Waals surface area contributed by atoms with E-state index in [1.54, 1.807) is 29.2 Å². The van der Waals surface area contributed by atoms with E-state index in [2.05, 4.69) is 11.1 Å². The lowest BCUT2D eigenvalue weighted by molar-refractivity contribution is -0.120. The van der Waals surface area contributed by atoms with Gasteiger partial charge in [0, 0.05) is 23.0 Å². The maximum absolute atomic E-state index is 13.8. The number of anilines is 1. The number of ether oxygens (including phenoxy) is 1. The lowest BCUT2D eigenvalue weighted by atomic mass is 9.89. The largest absolute Gasteiger partial charge is 0.494 e. The van der Waals surface area contributed by atoms with Crippen molar-refractivity contribution in [1.29, 1.82) is 0 Å². The number of amides is 3. The van der Waals surface area contributed by atoms with Crippen LogP contribution >= 0.6 is 0 Å². The molecule has 1 fully saturated rings. The molecule has 1 N–H and O–H groups in total. The number of carbonyl (C=O) groups excluding carboxylic acids is 2. The average molecular weight is 437 g/mol. The van der Waals surface area contributed by atoms with E-state index in [1.807, 2.05) is 55.5 Å². The van der Waals surface area contributed by atoms with Gasteiger partial charge in [0.2, 0.25) is 0 Å². The van der Waals surface area contributed by atoms with Crippen LogP contribution < -0.4 is 9.64 Å². The highest BCUT2D eigenvalue weighted by atomic mass is 16.5. The molecule has 0 saturated carbocycles. The summed E-state index contributed by atoms with van der Waals surface area (Å²) in [5, 5.41) is 1.10. The number of H-pyrrole nitrogens is 1. The van der Waals surface area contributed by atoms with Gasteiger partial charge in [0.15, 0.2) is 0 Å². The van der Waals surface area contributed by atoms with Crippen molar-refractivity contribution in [1.82, 2.24) is 9.88 Å². The molecule has 2 aliphatic heterocycles. The van der Waals surface area contributed by atoms with Gasteiger partial charge >= 0.3 is 6.03 Å². The molecule has 0 bridgehead atoms. The second kappa shape index (κ2) is 7.52. The molecule has 0 spiro atoms. The van der Waals surface area contributed by atoms with Gasteiger partial charge in [-0.15, -0.1) is 0 Å². The molecule has 0 aliphatic carbocycles. The Bertz CT molecular complexity index is 1360. The normalized spacial score (nSPS) is 19.7. The molecule has 3 heterocycles. The van der Waals surface area contributed by atoms with E-state index in [0.29, 0.717) is 24.5 Å². The topological polar surface area (TPSA) is 65.6 Å². The highest BCUT2D eigenvalue weighted by molar-refractivity contribution is 6.22. The first-order valence-corrected chi connectivity index (χ1v) is 11.2. The summed E-state index contributed by atoms with van der Waals surface area (Å²) in [6.07, 6.45) is 0.487. The molecule has 0 unspecified atom stereocenters. The Kier molecular flexibility index (Phi) is 4.47. The maximum atomic E-state index is 13.8. The van der Waals surface area contributed by atoms with Crippen molar-refractivity contribution in [2.75, 3.05) is 11.5 Å². The molecule has 1 aromatic heterocycles. The molecular formula is C27H23N3O3. The lowest BCUT2D eigenvalue weighted by Gasteiger charge is -2.36. The van der Waals surface area contributed by atoms with Crippen molar-refractivity contribution in [3.8, 4) is 5.75 Å². The van der Waals surface area contributed by atoms with E-state index in [0.717, 1.165) is 27.7 Å². The fourth-order valence-electron chi connectivity index (χ4n) is 5.15. The van der Waals surface area contributed by atoms with Crippen LogP contribution in [0.5, 0.6) is 5.75 Å². The van der Waals surface area contributed by atoms with Crippen LogP contribution in [0.3, 0.4) is 0 Å². The number of fused-ring (bicyclic) bond motifs is 4. The Morgan fingerprint density at radius 3 is 2.42 bits per heavy atom. The van der Waals surface area contributed by atoms with Gasteiger partial charge in [-0.3, -0.25) is 9.69 Å². The summed E-state index contributed by atoms with van der Waals surface area (Å²) in [5.41, 5.74) is 4.64. The molecule has 3 amide bonds. The van der Waals surface area contributed by atoms with E-state index in [-0.39, 0.29) is 18.0 Å². The van der Waals surface area contributed by atoms with Crippen LogP contribution in [0, 0.1) is 0 Å². The summed E-state index contributed by atoms with van der Waals surface area (Å²) in [4.78, 5) is 34.0. The zero-order valence-corrected chi connectivity index (χ0v) is 18.2. The zero-order valence-electron chi connectivity index (χ0n) is 18.2. The summed E-state index contributed by atoms with van der Waals surface area (Å²) in [6, 6.07) is 23.9. The third-order valence-electron chi connectivity index (χ3n) is 6.57. The van der Waals surface area contributed by atoms with Gasteiger partial charge in [0.1, 0.15) is 17.8 Å². The number of aromatic nitrogens is 1. The fraction of sp³-hybridized carbons (Fsp3) is 0.185. The van der Waals surface area contributed by atoms with E-state index < -0.39 is 6.04 Å². The lowest BCUT2D eigenvalue weighted by Crippen LogP contribution is -2.44. The molecule has 2 aliphatic rings. The number of rotatable bonds is 4. The fourth-order valence-corrected chi connectivity index (χ4v) is 5.15. The van der Waals surface area contributed by atoms with Crippen molar-refractivity contribution in [2.45, 2.75) is 25.4 Å². The molecule has 6 rings (SSSR count). The van der Waals surface area contributed by atoms with Gasteiger partial charge < -0.3 is 9.72 Å². The molecule has 6 nitrogen and oxygen atoms in total. The predicted octanol–water partition coefficient (Wildman–Crippen LogP) is 5.05. The molecule has 6 heteroatoms. The molecule has 1 saturated heterocycles. The molecule has 164 valence electrons. The van der Waals surface area contributed by atoms with Gasteiger partial charge in [-0.2, -0.15) is 0 Å². The monoisotopic (exact) mass is 437 g/mol. The van der Waals surface area contributed by atoms with Crippen LogP contribution in [0.25, 0.3) is 10.9 Å². The van der Waals surface area contributed by atoms with Gasteiger partial charge in [0.05, 0.1) is 12.3 Å². The molecular weight excluding hydrogens is 414 g/mol. The summed E-state index contributed by atoms with van der Waals surface area (Å²) >= 11 is 0. The van der Waals surface area contributed by atoms with Gasteiger partial charge in [-0.05, 0) is 48.4 Å². The Hall–Kier alpha value is -4.06. The van der Waals surface area contributed by atoms with Crippen molar-refractivity contribution < 1.29 is 14.3 Å². The first-order chi connectivity index (χ1) is 16.2. The molecule has 0 radical (unpaired) electrons. The number of hydrogen-bond acceptors (Lipinski definition) is 3. The van der Waals surface area contributed by atoms with Crippen molar-refractivity contribution in [3.63, 3.8) is 0 Å². The number of nitrogens with one attached hydrogen (secondary N) is 1. The van der Waals surface area contributed by atoms with E-state index in [9.17, 15) is 9.59 Å². The quantitative estimate of drug-likeness (QED) is 0.455. The summed E-state index contributed by atoms with van der Waals surface area (Å²) in [5.74, 6) is 0.516. The molecule has 2 atom stereocenters. The molecule has 33 heavy (non-hydrogen) atoms. The first kappa shape index (κ1) is 19.6. The first-order valence-electron chi connectivity index (χ1n) is 11.2.